The summed E-state index contributed by atoms with van der Waals surface area (Å²) in [5.74, 6) is -1.57. The first-order valence-electron chi connectivity index (χ1n) is 9.17. The predicted molar refractivity (Wildman–Crippen MR) is 94.9 cm³/mol. The average Bonchev–Trinajstić information content (AvgIpc) is 3.28. The van der Waals surface area contributed by atoms with Crippen molar-refractivity contribution in [1.82, 2.24) is 14.7 Å². The van der Waals surface area contributed by atoms with Crippen LogP contribution in [-0.4, -0.2) is 44.9 Å². The standard InChI is InChI=1S/C19H22F2N4O2/c20-17-4-1-12(5-18(17)21)8-24-10-15(6-16(24)11-26)25-9-14(7-22-25)23-19(27)13-2-3-13/h1,4-5,7,9,13,15-16,26H,2-3,6,8,10-11H2,(H,23,27)/t15-,16-/m0/s1. The molecule has 1 aromatic carbocycles. The monoisotopic (exact) mass is 376 g/mol. The van der Waals surface area contributed by atoms with Gasteiger partial charge in [-0.25, -0.2) is 8.78 Å². The molecule has 6 nitrogen and oxygen atoms in total. The van der Waals surface area contributed by atoms with E-state index in [0.717, 1.165) is 18.9 Å². The highest BCUT2D eigenvalue weighted by atomic mass is 19.2. The van der Waals surface area contributed by atoms with Crippen molar-refractivity contribution >= 4 is 11.6 Å². The molecule has 2 atom stereocenters. The summed E-state index contributed by atoms with van der Waals surface area (Å²) in [6.45, 7) is 1.03. The molecule has 8 heteroatoms. The molecule has 0 radical (unpaired) electrons. The first-order chi connectivity index (χ1) is 13.0. The molecule has 2 aliphatic rings. The number of aromatic nitrogens is 2. The maximum absolute atomic E-state index is 13.5. The lowest BCUT2D eigenvalue weighted by atomic mass is 10.1. The number of hydrogen-bond donors (Lipinski definition) is 2. The molecule has 1 aliphatic heterocycles. The zero-order valence-corrected chi connectivity index (χ0v) is 14.8. The second-order valence-electron chi connectivity index (χ2n) is 7.38. The van der Waals surface area contributed by atoms with Gasteiger partial charge in [0.1, 0.15) is 0 Å². The number of aliphatic hydroxyl groups excluding tert-OH is 1. The Kier molecular flexibility index (Phi) is 4.92. The number of halogens is 2. The Morgan fingerprint density at radius 1 is 1.30 bits per heavy atom. The fraction of sp³-hybridized carbons (Fsp3) is 0.474. The normalized spacial score (nSPS) is 22.9. The summed E-state index contributed by atoms with van der Waals surface area (Å²) in [5, 5.41) is 16.9. The predicted octanol–water partition coefficient (Wildman–Crippen LogP) is 2.32. The van der Waals surface area contributed by atoms with E-state index < -0.39 is 11.6 Å². The van der Waals surface area contributed by atoms with Crippen molar-refractivity contribution in [1.29, 1.82) is 0 Å². The van der Waals surface area contributed by atoms with Crippen LogP contribution in [0.4, 0.5) is 14.5 Å². The molecule has 0 spiro atoms. The smallest absolute Gasteiger partial charge is 0.227 e. The largest absolute Gasteiger partial charge is 0.395 e. The van der Waals surface area contributed by atoms with E-state index in [2.05, 4.69) is 10.4 Å². The fourth-order valence-electron chi connectivity index (χ4n) is 3.60. The van der Waals surface area contributed by atoms with Crippen LogP contribution in [0.5, 0.6) is 0 Å². The summed E-state index contributed by atoms with van der Waals surface area (Å²) in [5.41, 5.74) is 1.33. The third-order valence-corrected chi connectivity index (χ3v) is 5.28. The van der Waals surface area contributed by atoms with E-state index in [-0.39, 0.29) is 30.5 Å². The molecule has 27 heavy (non-hydrogen) atoms. The van der Waals surface area contributed by atoms with Crippen molar-refractivity contribution in [2.45, 2.75) is 37.9 Å². The van der Waals surface area contributed by atoms with Crippen molar-refractivity contribution < 1.29 is 18.7 Å². The number of nitrogens with zero attached hydrogens (tertiary/aromatic N) is 3. The highest BCUT2D eigenvalue weighted by Crippen LogP contribution is 2.31. The third kappa shape index (κ3) is 4.01. The number of likely N-dealkylation sites (tertiary alicyclic amines) is 1. The number of carbonyl (C=O) groups is 1. The molecular formula is C19H22F2N4O2. The molecule has 1 amide bonds. The number of rotatable bonds is 6. The molecule has 1 aromatic heterocycles. The summed E-state index contributed by atoms with van der Waals surface area (Å²) in [4.78, 5) is 13.9. The van der Waals surface area contributed by atoms with E-state index in [0.29, 0.717) is 30.8 Å². The summed E-state index contributed by atoms with van der Waals surface area (Å²) < 4.78 is 28.4. The summed E-state index contributed by atoms with van der Waals surface area (Å²) >= 11 is 0. The van der Waals surface area contributed by atoms with E-state index in [1.807, 2.05) is 4.90 Å². The van der Waals surface area contributed by atoms with E-state index >= 15 is 0 Å². The van der Waals surface area contributed by atoms with Gasteiger partial charge in [0.25, 0.3) is 0 Å². The molecule has 4 rings (SSSR count). The van der Waals surface area contributed by atoms with Crippen molar-refractivity contribution in [3.8, 4) is 0 Å². The van der Waals surface area contributed by atoms with Gasteiger partial charge in [-0.15, -0.1) is 0 Å². The minimum atomic E-state index is -0.869. The van der Waals surface area contributed by atoms with Crippen LogP contribution >= 0.6 is 0 Å². The van der Waals surface area contributed by atoms with Crippen LogP contribution in [0.3, 0.4) is 0 Å². The lowest BCUT2D eigenvalue weighted by Crippen LogP contribution is -2.31. The van der Waals surface area contributed by atoms with Crippen molar-refractivity contribution in [2.75, 3.05) is 18.5 Å². The number of aliphatic hydroxyl groups is 1. The molecule has 2 aromatic rings. The van der Waals surface area contributed by atoms with Gasteiger partial charge in [0, 0.05) is 31.2 Å². The van der Waals surface area contributed by atoms with Crippen LogP contribution in [0.15, 0.2) is 30.6 Å². The van der Waals surface area contributed by atoms with Crippen LogP contribution < -0.4 is 5.32 Å². The molecule has 2 fully saturated rings. The maximum atomic E-state index is 13.5. The fourth-order valence-corrected chi connectivity index (χ4v) is 3.60. The first kappa shape index (κ1) is 18.1. The molecule has 2 N–H and O–H groups in total. The van der Waals surface area contributed by atoms with Crippen LogP contribution in [0, 0.1) is 17.6 Å². The van der Waals surface area contributed by atoms with Crippen LogP contribution in [0.2, 0.25) is 0 Å². The number of amides is 1. The third-order valence-electron chi connectivity index (χ3n) is 5.28. The second kappa shape index (κ2) is 7.36. The molecule has 1 aliphatic carbocycles. The van der Waals surface area contributed by atoms with Crippen LogP contribution in [0.25, 0.3) is 0 Å². The number of hydrogen-bond acceptors (Lipinski definition) is 4. The van der Waals surface area contributed by atoms with E-state index in [1.165, 1.54) is 6.07 Å². The zero-order chi connectivity index (χ0) is 19.0. The molecular weight excluding hydrogens is 354 g/mol. The zero-order valence-electron chi connectivity index (χ0n) is 14.8. The number of anilines is 1. The van der Waals surface area contributed by atoms with Crippen molar-refractivity contribution in [3.63, 3.8) is 0 Å². The SMILES string of the molecule is O=C(Nc1cnn([C@H]2C[C@@H](CO)N(Cc3ccc(F)c(F)c3)C2)c1)C1CC1. The summed E-state index contributed by atoms with van der Waals surface area (Å²) in [7, 11) is 0. The Morgan fingerprint density at radius 2 is 2.11 bits per heavy atom. The van der Waals surface area contributed by atoms with E-state index in [4.69, 9.17) is 0 Å². The van der Waals surface area contributed by atoms with Gasteiger partial charge >= 0.3 is 0 Å². The van der Waals surface area contributed by atoms with Gasteiger partial charge in [-0.05, 0) is 37.0 Å². The van der Waals surface area contributed by atoms with Gasteiger partial charge < -0.3 is 10.4 Å². The minimum Gasteiger partial charge on any atom is -0.395 e. The first-order valence-corrected chi connectivity index (χ1v) is 9.17. The van der Waals surface area contributed by atoms with Gasteiger partial charge in [0.2, 0.25) is 5.91 Å². The quantitative estimate of drug-likeness (QED) is 0.812. The highest BCUT2D eigenvalue weighted by Gasteiger charge is 2.34. The molecule has 0 unspecified atom stereocenters. The summed E-state index contributed by atoms with van der Waals surface area (Å²) in [6.07, 6.45) is 6.02. The molecule has 0 bridgehead atoms. The Morgan fingerprint density at radius 3 is 2.81 bits per heavy atom. The molecule has 144 valence electrons. The molecule has 2 heterocycles. The Bertz CT molecular complexity index is 837. The van der Waals surface area contributed by atoms with Crippen molar-refractivity contribution in [2.24, 2.45) is 5.92 Å². The minimum absolute atomic E-state index is 0.0211. The maximum Gasteiger partial charge on any atom is 0.227 e. The molecule has 1 saturated heterocycles. The lowest BCUT2D eigenvalue weighted by molar-refractivity contribution is -0.117. The Labute approximate surface area is 155 Å². The van der Waals surface area contributed by atoms with E-state index in [9.17, 15) is 18.7 Å². The van der Waals surface area contributed by atoms with Gasteiger partial charge in [-0.1, -0.05) is 6.07 Å². The average molecular weight is 376 g/mol. The van der Waals surface area contributed by atoms with Gasteiger partial charge in [-0.3, -0.25) is 14.4 Å². The van der Waals surface area contributed by atoms with Gasteiger partial charge in [0.15, 0.2) is 11.6 Å². The topological polar surface area (TPSA) is 70.4 Å². The molecule has 1 saturated carbocycles. The van der Waals surface area contributed by atoms with Crippen molar-refractivity contribution in [3.05, 3.63) is 47.8 Å². The Hall–Kier alpha value is -2.32. The van der Waals surface area contributed by atoms with Crippen LogP contribution in [0.1, 0.15) is 30.9 Å². The van der Waals surface area contributed by atoms with Crippen LogP contribution in [-0.2, 0) is 11.3 Å². The second-order valence-corrected chi connectivity index (χ2v) is 7.38. The number of benzene rings is 1. The van der Waals surface area contributed by atoms with Gasteiger partial charge in [-0.2, -0.15) is 5.10 Å². The highest BCUT2D eigenvalue weighted by molar-refractivity contribution is 5.93. The number of carbonyl (C=O) groups excluding carboxylic acids is 1. The Balaban J connectivity index is 1.42. The summed E-state index contributed by atoms with van der Waals surface area (Å²) in [6, 6.07) is 3.82. The lowest BCUT2D eigenvalue weighted by Gasteiger charge is -2.22. The van der Waals surface area contributed by atoms with Gasteiger partial charge in [0.05, 0.1) is 24.5 Å². The number of nitrogens with one attached hydrogen (secondary N) is 1. The van der Waals surface area contributed by atoms with E-state index in [1.54, 1.807) is 23.1 Å².